The molecule has 1 atom stereocenters. The van der Waals surface area contributed by atoms with E-state index in [2.05, 4.69) is 37.3 Å². The van der Waals surface area contributed by atoms with E-state index in [0.29, 0.717) is 28.5 Å². The van der Waals surface area contributed by atoms with Gasteiger partial charge in [-0.05, 0) is 74.0 Å². The Morgan fingerprint density at radius 3 is 2.07 bits per heavy atom. The van der Waals surface area contributed by atoms with Crippen molar-refractivity contribution in [3.05, 3.63) is 59.7 Å². The number of nitrogens with one attached hydrogen (secondary N) is 1. The van der Waals surface area contributed by atoms with E-state index in [1.807, 2.05) is 36.4 Å². The Morgan fingerprint density at radius 2 is 1.57 bits per heavy atom. The Labute approximate surface area is 175 Å². The molecular formula is C22H31ClN2O2S. The summed E-state index contributed by atoms with van der Waals surface area (Å²) in [7, 11) is -3.57. The number of likely N-dealkylation sites (tertiary alicyclic amines) is 1. The van der Waals surface area contributed by atoms with Gasteiger partial charge in [0.15, 0.2) is 0 Å². The second-order valence-electron chi connectivity index (χ2n) is 8.03. The van der Waals surface area contributed by atoms with Crippen molar-refractivity contribution in [3.8, 4) is 0 Å². The molecule has 4 nitrogen and oxygen atoms in total. The van der Waals surface area contributed by atoms with Crippen molar-refractivity contribution >= 4 is 28.1 Å². The van der Waals surface area contributed by atoms with E-state index in [9.17, 15) is 8.42 Å². The molecule has 0 aromatic heterocycles. The maximum absolute atomic E-state index is 12.6. The van der Waals surface area contributed by atoms with Gasteiger partial charge in [-0.2, -0.15) is 0 Å². The largest absolute Gasteiger partial charge is 0.300 e. The van der Waals surface area contributed by atoms with E-state index in [1.165, 1.54) is 5.56 Å². The zero-order valence-electron chi connectivity index (χ0n) is 17.1. The first-order valence-electron chi connectivity index (χ1n) is 9.73. The summed E-state index contributed by atoms with van der Waals surface area (Å²) in [4.78, 5) is 2.78. The summed E-state index contributed by atoms with van der Waals surface area (Å²) in [6, 6.07) is 15.5. The number of benzene rings is 2. The Bertz CT molecular complexity index is 862. The van der Waals surface area contributed by atoms with Crippen LogP contribution in [0.3, 0.4) is 0 Å². The van der Waals surface area contributed by atoms with E-state index < -0.39 is 10.0 Å². The topological polar surface area (TPSA) is 49.4 Å². The zero-order chi connectivity index (χ0) is 19.6. The van der Waals surface area contributed by atoms with Crippen molar-refractivity contribution in [1.82, 2.24) is 4.90 Å². The van der Waals surface area contributed by atoms with Gasteiger partial charge in [-0.3, -0.25) is 4.72 Å². The van der Waals surface area contributed by atoms with E-state index >= 15 is 0 Å². The molecule has 0 unspecified atom stereocenters. The van der Waals surface area contributed by atoms with Crippen molar-refractivity contribution in [3.63, 3.8) is 0 Å². The summed E-state index contributed by atoms with van der Waals surface area (Å²) in [6.45, 7) is 10.8. The molecule has 3 rings (SSSR count). The molecule has 0 radical (unpaired) electrons. The lowest BCUT2D eigenvalue weighted by atomic mass is 9.98. The van der Waals surface area contributed by atoms with Crippen LogP contribution in [0.5, 0.6) is 0 Å². The molecule has 0 bridgehead atoms. The molecule has 1 saturated heterocycles. The molecule has 0 spiro atoms. The molecule has 1 aliphatic rings. The van der Waals surface area contributed by atoms with E-state index in [4.69, 9.17) is 0 Å². The summed E-state index contributed by atoms with van der Waals surface area (Å²) in [5.74, 6) is 0.908. The average Bonchev–Trinajstić information content (AvgIpc) is 3.12. The fraction of sp³-hybridized carbons (Fsp3) is 0.455. The number of nitrogens with zero attached hydrogens (tertiary/aromatic N) is 1. The molecule has 0 amide bonds. The summed E-state index contributed by atoms with van der Waals surface area (Å²) in [5.41, 5.74) is 3.01. The normalized spacial score (nSPS) is 17.7. The predicted molar refractivity (Wildman–Crippen MR) is 119 cm³/mol. The highest BCUT2D eigenvalue weighted by Crippen LogP contribution is 2.29. The second-order valence-corrected chi connectivity index (χ2v) is 9.71. The molecule has 2 aromatic rings. The van der Waals surface area contributed by atoms with Crippen LogP contribution in [0.2, 0.25) is 0 Å². The Balaban J connectivity index is 0.00000280. The number of halogens is 1. The van der Waals surface area contributed by atoms with Crippen molar-refractivity contribution in [2.45, 2.75) is 56.9 Å². The van der Waals surface area contributed by atoms with Gasteiger partial charge >= 0.3 is 0 Å². The van der Waals surface area contributed by atoms with Gasteiger partial charge in [-0.1, -0.05) is 38.1 Å². The molecule has 1 N–H and O–H groups in total. The van der Waals surface area contributed by atoms with E-state index in [0.717, 1.165) is 25.1 Å². The van der Waals surface area contributed by atoms with Crippen molar-refractivity contribution in [2.24, 2.45) is 0 Å². The minimum atomic E-state index is -3.57. The van der Waals surface area contributed by atoms with Gasteiger partial charge in [0.25, 0.3) is 10.0 Å². The molecule has 28 heavy (non-hydrogen) atoms. The minimum absolute atomic E-state index is 0. The van der Waals surface area contributed by atoms with Gasteiger partial charge in [-0.25, -0.2) is 8.42 Å². The Morgan fingerprint density at radius 1 is 0.964 bits per heavy atom. The molecule has 0 saturated carbocycles. The van der Waals surface area contributed by atoms with Crippen LogP contribution in [-0.4, -0.2) is 32.4 Å². The quantitative estimate of drug-likeness (QED) is 0.693. The third-order valence-corrected chi connectivity index (χ3v) is 6.84. The van der Waals surface area contributed by atoms with E-state index in [-0.39, 0.29) is 12.4 Å². The number of rotatable bonds is 6. The Kier molecular flexibility index (Phi) is 7.54. The lowest BCUT2D eigenvalue weighted by Gasteiger charge is -2.20. The van der Waals surface area contributed by atoms with Crippen LogP contribution in [0.1, 0.15) is 57.1 Å². The molecule has 0 aliphatic carbocycles. The SMILES string of the molecule is CC(C)c1ccc(S(=O)(=O)Nc2ccc([C@@H]3CCN(C(C)C)C3)cc2)cc1.Cl. The highest BCUT2D eigenvalue weighted by Gasteiger charge is 2.25. The second kappa shape index (κ2) is 9.29. The first-order chi connectivity index (χ1) is 12.8. The number of hydrogen-bond acceptors (Lipinski definition) is 3. The predicted octanol–water partition coefficient (Wildman–Crippen LogP) is 5.23. The maximum Gasteiger partial charge on any atom is 0.261 e. The number of anilines is 1. The summed E-state index contributed by atoms with van der Waals surface area (Å²) in [5, 5.41) is 0. The summed E-state index contributed by atoms with van der Waals surface area (Å²) < 4.78 is 27.9. The number of sulfonamides is 1. The Hall–Kier alpha value is -1.56. The van der Waals surface area contributed by atoms with Gasteiger partial charge < -0.3 is 4.90 Å². The highest BCUT2D eigenvalue weighted by molar-refractivity contribution is 7.92. The fourth-order valence-corrected chi connectivity index (χ4v) is 4.66. The third kappa shape index (κ3) is 5.28. The van der Waals surface area contributed by atoms with Crippen LogP contribution in [0.4, 0.5) is 5.69 Å². The summed E-state index contributed by atoms with van der Waals surface area (Å²) in [6.07, 6.45) is 1.16. The first kappa shape index (κ1) is 22.7. The van der Waals surface area contributed by atoms with E-state index in [1.54, 1.807) is 12.1 Å². The number of hydrogen-bond donors (Lipinski definition) is 1. The maximum atomic E-state index is 12.6. The van der Waals surface area contributed by atoms with Crippen LogP contribution in [0.15, 0.2) is 53.4 Å². The third-order valence-electron chi connectivity index (χ3n) is 5.44. The molecular weight excluding hydrogens is 392 g/mol. The van der Waals surface area contributed by atoms with Crippen LogP contribution in [-0.2, 0) is 10.0 Å². The standard InChI is InChI=1S/C22H30N2O2S.ClH/c1-16(2)18-7-11-22(12-8-18)27(25,26)23-21-9-5-19(6-10-21)20-13-14-24(15-20)17(3)4;/h5-12,16-17,20,23H,13-15H2,1-4H3;1H/t20-;/m1./s1. The summed E-state index contributed by atoms with van der Waals surface area (Å²) >= 11 is 0. The van der Waals surface area contributed by atoms with Gasteiger partial charge in [-0.15, -0.1) is 12.4 Å². The van der Waals surface area contributed by atoms with Gasteiger partial charge in [0.05, 0.1) is 4.90 Å². The monoisotopic (exact) mass is 422 g/mol. The van der Waals surface area contributed by atoms with Crippen molar-refractivity contribution in [2.75, 3.05) is 17.8 Å². The smallest absolute Gasteiger partial charge is 0.261 e. The molecule has 1 heterocycles. The first-order valence-corrected chi connectivity index (χ1v) is 11.2. The minimum Gasteiger partial charge on any atom is -0.300 e. The van der Waals surface area contributed by atoms with Crippen LogP contribution in [0, 0.1) is 0 Å². The van der Waals surface area contributed by atoms with Crippen LogP contribution >= 0.6 is 12.4 Å². The van der Waals surface area contributed by atoms with Gasteiger partial charge in [0, 0.05) is 18.3 Å². The lowest BCUT2D eigenvalue weighted by Crippen LogP contribution is -2.27. The molecule has 154 valence electrons. The van der Waals surface area contributed by atoms with Crippen LogP contribution in [0.25, 0.3) is 0 Å². The molecule has 2 aromatic carbocycles. The van der Waals surface area contributed by atoms with Crippen LogP contribution < -0.4 is 4.72 Å². The molecule has 1 aliphatic heterocycles. The van der Waals surface area contributed by atoms with Gasteiger partial charge in [0.2, 0.25) is 0 Å². The fourth-order valence-electron chi connectivity index (χ4n) is 3.60. The van der Waals surface area contributed by atoms with Gasteiger partial charge in [0.1, 0.15) is 0 Å². The molecule has 1 fully saturated rings. The lowest BCUT2D eigenvalue weighted by molar-refractivity contribution is 0.272. The van der Waals surface area contributed by atoms with Crippen molar-refractivity contribution < 1.29 is 8.42 Å². The highest BCUT2D eigenvalue weighted by atomic mass is 35.5. The average molecular weight is 423 g/mol. The zero-order valence-corrected chi connectivity index (χ0v) is 18.7. The molecule has 6 heteroatoms. The van der Waals surface area contributed by atoms with Crippen molar-refractivity contribution in [1.29, 1.82) is 0 Å².